The van der Waals surface area contributed by atoms with Crippen LogP contribution in [0.3, 0.4) is 0 Å². The fraction of sp³-hybridized carbons (Fsp3) is 0.500. The van der Waals surface area contributed by atoms with Crippen molar-refractivity contribution in [2.24, 2.45) is 5.41 Å². The van der Waals surface area contributed by atoms with Crippen LogP contribution in [-0.4, -0.2) is 40.9 Å². The Hall–Kier alpha value is -2.37. The number of aliphatic carboxylic acids is 1. The minimum Gasteiger partial charge on any atom is -0.480 e. The quantitative estimate of drug-likeness (QED) is 0.712. The molecule has 0 atom stereocenters. The van der Waals surface area contributed by atoms with Gasteiger partial charge in [0, 0.05) is 24.9 Å². The summed E-state index contributed by atoms with van der Waals surface area (Å²) in [5.41, 5.74) is 0.417. The Morgan fingerprint density at radius 2 is 1.75 bits per heavy atom. The van der Waals surface area contributed by atoms with E-state index in [-0.39, 0.29) is 31.3 Å². The molecule has 1 aromatic carbocycles. The van der Waals surface area contributed by atoms with Gasteiger partial charge in [-0.25, -0.2) is 0 Å². The number of nitrogens with one attached hydrogen (secondary N) is 1. The Balaban J connectivity index is 2.50. The van der Waals surface area contributed by atoms with Gasteiger partial charge in [0.05, 0.1) is 0 Å². The molecule has 0 radical (unpaired) electrons. The van der Waals surface area contributed by atoms with E-state index in [4.69, 9.17) is 5.11 Å². The van der Waals surface area contributed by atoms with Crippen molar-refractivity contribution in [3.05, 3.63) is 35.9 Å². The Morgan fingerprint density at radius 1 is 1.12 bits per heavy atom. The van der Waals surface area contributed by atoms with Crippen LogP contribution in [0.5, 0.6) is 0 Å². The highest BCUT2D eigenvalue weighted by Crippen LogP contribution is 2.12. The van der Waals surface area contributed by atoms with Crippen molar-refractivity contribution in [1.29, 1.82) is 0 Å². The summed E-state index contributed by atoms with van der Waals surface area (Å²) < 4.78 is 0. The molecule has 6 nitrogen and oxygen atoms in total. The van der Waals surface area contributed by atoms with Gasteiger partial charge in [-0.15, -0.1) is 0 Å². The number of hydrogen-bond acceptors (Lipinski definition) is 3. The predicted octanol–water partition coefficient (Wildman–Crippen LogP) is 2.04. The normalized spacial score (nSPS) is 11.0. The smallest absolute Gasteiger partial charge is 0.323 e. The summed E-state index contributed by atoms with van der Waals surface area (Å²) in [6.07, 6.45) is 0.677. The Labute approximate surface area is 142 Å². The number of carboxylic acids is 1. The number of carbonyl (C=O) groups is 3. The highest BCUT2D eigenvalue weighted by molar-refractivity contribution is 5.82. The number of amides is 2. The average molecular weight is 334 g/mol. The molecule has 0 saturated heterocycles. The molecule has 0 unspecified atom stereocenters. The first-order chi connectivity index (χ1) is 11.2. The van der Waals surface area contributed by atoms with E-state index < -0.39 is 11.4 Å². The van der Waals surface area contributed by atoms with Gasteiger partial charge >= 0.3 is 5.97 Å². The van der Waals surface area contributed by atoms with E-state index in [2.05, 4.69) is 5.32 Å². The molecule has 132 valence electrons. The fourth-order valence-electron chi connectivity index (χ4n) is 2.06. The minimum absolute atomic E-state index is 0.0679. The first kappa shape index (κ1) is 19.7. The second-order valence-electron chi connectivity index (χ2n) is 6.74. The van der Waals surface area contributed by atoms with Gasteiger partial charge in [0.15, 0.2) is 0 Å². The summed E-state index contributed by atoms with van der Waals surface area (Å²) in [5.74, 6) is -1.34. The molecule has 0 bridgehead atoms. The van der Waals surface area contributed by atoms with Crippen molar-refractivity contribution in [3.63, 3.8) is 0 Å². The van der Waals surface area contributed by atoms with E-state index in [0.29, 0.717) is 13.0 Å². The monoisotopic (exact) mass is 334 g/mol. The van der Waals surface area contributed by atoms with Crippen molar-refractivity contribution in [1.82, 2.24) is 10.2 Å². The third-order valence-electron chi connectivity index (χ3n) is 3.43. The van der Waals surface area contributed by atoms with Crippen LogP contribution >= 0.6 is 0 Å². The maximum absolute atomic E-state index is 12.3. The van der Waals surface area contributed by atoms with E-state index in [1.165, 1.54) is 4.90 Å². The third kappa shape index (κ3) is 7.26. The van der Waals surface area contributed by atoms with Crippen molar-refractivity contribution in [2.45, 2.75) is 40.2 Å². The van der Waals surface area contributed by atoms with Crippen LogP contribution in [0.1, 0.15) is 39.2 Å². The van der Waals surface area contributed by atoms with Gasteiger partial charge in [-0.2, -0.15) is 0 Å². The SMILES string of the molecule is CC(C)(C)C(=O)NCCCC(=O)N(CC(=O)O)Cc1ccccc1. The maximum atomic E-state index is 12.3. The molecule has 0 saturated carbocycles. The molecule has 1 rings (SSSR count). The number of carbonyl (C=O) groups excluding carboxylic acids is 2. The first-order valence-corrected chi connectivity index (χ1v) is 8.02. The molecule has 0 aliphatic rings. The zero-order chi connectivity index (χ0) is 18.2. The number of carboxylic acid groups (broad SMARTS) is 1. The van der Waals surface area contributed by atoms with Crippen LogP contribution in [0.25, 0.3) is 0 Å². The summed E-state index contributed by atoms with van der Waals surface area (Å²) in [5, 5.41) is 11.8. The second kappa shape index (κ2) is 9.05. The summed E-state index contributed by atoms with van der Waals surface area (Å²) in [7, 11) is 0. The van der Waals surface area contributed by atoms with Crippen LogP contribution in [0, 0.1) is 5.41 Å². The lowest BCUT2D eigenvalue weighted by atomic mass is 9.96. The van der Waals surface area contributed by atoms with Crippen LogP contribution < -0.4 is 5.32 Å². The lowest BCUT2D eigenvalue weighted by molar-refractivity contribution is -0.144. The van der Waals surface area contributed by atoms with Crippen LogP contribution in [-0.2, 0) is 20.9 Å². The molecule has 1 aromatic rings. The first-order valence-electron chi connectivity index (χ1n) is 8.02. The molecule has 24 heavy (non-hydrogen) atoms. The van der Waals surface area contributed by atoms with Crippen molar-refractivity contribution < 1.29 is 19.5 Å². The molecule has 0 aliphatic heterocycles. The van der Waals surface area contributed by atoms with Gasteiger partial charge in [-0.1, -0.05) is 51.1 Å². The zero-order valence-electron chi connectivity index (χ0n) is 14.5. The van der Waals surface area contributed by atoms with Crippen LogP contribution in [0.2, 0.25) is 0 Å². The molecule has 2 amide bonds. The van der Waals surface area contributed by atoms with Crippen molar-refractivity contribution in [2.75, 3.05) is 13.1 Å². The number of hydrogen-bond donors (Lipinski definition) is 2. The van der Waals surface area contributed by atoms with Gasteiger partial charge < -0.3 is 15.3 Å². The number of nitrogens with zero attached hydrogens (tertiary/aromatic N) is 1. The maximum Gasteiger partial charge on any atom is 0.323 e. The molecule has 0 aromatic heterocycles. The van der Waals surface area contributed by atoms with Crippen LogP contribution in [0.4, 0.5) is 0 Å². The molecule has 0 fully saturated rings. The van der Waals surface area contributed by atoms with Crippen LogP contribution in [0.15, 0.2) is 30.3 Å². The van der Waals surface area contributed by atoms with Gasteiger partial charge in [0.25, 0.3) is 0 Å². The van der Waals surface area contributed by atoms with Crippen molar-refractivity contribution >= 4 is 17.8 Å². The standard InChI is InChI=1S/C18H26N2O4/c1-18(2,3)17(24)19-11-7-10-15(21)20(13-16(22)23)12-14-8-5-4-6-9-14/h4-6,8-9H,7,10-13H2,1-3H3,(H,19,24)(H,22,23). The largest absolute Gasteiger partial charge is 0.480 e. The number of rotatable bonds is 8. The molecular weight excluding hydrogens is 308 g/mol. The van der Waals surface area contributed by atoms with Gasteiger partial charge in [-0.3, -0.25) is 14.4 Å². The molecular formula is C18H26N2O4. The van der Waals surface area contributed by atoms with Gasteiger partial charge in [0.2, 0.25) is 11.8 Å². The lowest BCUT2D eigenvalue weighted by Crippen LogP contribution is -2.37. The molecule has 0 heterocycles. The highest BCUT2D eigenvalue weighted by atomic mass is 16.4. The Morgan fingerprint density at radius 3 is 2.29 bits per heavy atom. The van der Waals surface area contributed by atoms with E-state index in [1.54, 1.807) is 0 Å². The molecule has 2 N–H and O–H groups in total. The second-order valence-corrected chi connectivity index (χ2v) is 6.74. The number of benzene rings is 1. The predicted molar refractivity (Wildman–Crippen MR) is 91.2 cm³/mol. The fourth-order valence-corrected chi connectivity index (χ4v) is 2.06. The molecule has 6 heteroatoms. The van der Waals surface area contributed by atoms with E-state index >= 15 is 0 Å². The Kier molecular flexibility index (Phi) is 7.42. The topological polar surface area (TPSA) is 86.7 Å². The summed E-state index contributed by atoms with van der Waals surface area (Å²) in [6, 6.07) is 9.27. The Bertz CT molecular complexity index is 564. The molecule has 0 spiro atoms. The van der Waals surface area contributed by atoms with E-state index in [9.17, 15) is 14.4 Å². The van der Waals surface area contributed by atoms with Crippen molar-refractivity contribution in [3.8, 4) is 0 Å². The van der Waals surface area contributed by atoms with E-state index in [1.807, 2.05) is 51.1 Å². The minimum atomic E-state index is -1.04. The summed E-state index contributed by atoms with van der Waals surface area (Å²) in [4.78, 5) is 36.3. The lowest BCUT2D eigenvalue weighted by Gasteiger charge is -2.21. The molecule has 0 aliphatic carbocycles. The summed E-state index contributed by atoms with van der Waals surface area (Å²) >= 11 is 0. The van der Waals surface area contributed by atoms with Gasteiger partial charge in [-0.05, 0) is 12.0 Å². The summed E-state index contributed by atoms with van der Waals surface area (Å²) in [6.45, 7) is 5.79. The average Bonchev–Trinajstić information content (AvgIpc) is 2.50. The van der Waals surface area contributed by atoms with E-state index in [0.717, 1.165) is 5.56 Å². The zero-order valence-corrected chi connectivity index (χ0v) is 14.5. The highest BCUT2D eigenvalue weighted by Gasteiger charge is 2.21. The third-order valence-corrected chi connectivity index (χ3v) is 3.43. The van der Waals surface area contributed by atoms with Gasteiger partial charge in [0.1, 0.15) is 6.54 Å².